The van der Waals surface area contributed by atoms with Crippen LogP contribution in [-0.4, -0.2) is 31.5 Å². The first-order chi connectivity index (χ1) is 14.1. The van der Waals surface area contributed by atoms with Gasteiger partial charge in [-0.25, -0.2) is 14.0 Å². The molecule has 0 unspecified atom stereocenters. The number of H-pyrrole nitrogens is 1. The predicted octanol–water partition coefficient (Wildman–Crippen LogP) is 2.63. The number of hydrogen-bond acceptors (Lipinski definition) is 5. The molecular formula is C20H16FN5O2S. The van der Waals surface area contributed by atoms with Crippen LogP contribution in [0, 0.1) is 5.82 Å². The van der Waals surface area contributed by atoms with Gasteiger partial charge in [-0.2, -0.15) is 5.10 Å². The van der Waals surface area contributed by atoms with E-state index >= 15 is 0 Å². The summed E-state index contributed by atoms with van der Waals surface area (Å²) in [5.41, 5.74) is 2.09. The first kappa shape index (κ1) is 18.9. The Hall–Kier alpha value is -3.46. The Morgan fingerprint density at radius 1 is 1.14 bits per heavy atom. The maximum absolute atomic E-state index is 13.2. The van der Waals surface area contributed by atoms with E-state index in [1.54, 1.807) is 18.2 Å². The van der Waals surface area contributed by atoms with Crippen molar-refractivity contribution >= 4 is 23.2 Å². The van der Waals surface area contributed by atoms with Gasteiger partial charge in [0, 0.05) is 12.1 Å². The second-order valence-corrected chi connectivity index (χ2v) is 7.16. The van der Waals surface area contributed by atoms with E-state index in [1.807, 2.05) is 30.3 Å². The van der Waals surface area contributed by atoms with Crippen molar-refractivity contribution < 1.29 is 9.18 Å². The van der Waals surface area contributed by atoms with Crippen molar-refractivity contribution in [3.05, 3.63) is 82.4 Å². The zero-order chi connectivity index (χ0) is 20.2. The van der Waals surface area contributed by atoms with Gasteiger partial charge in [-0.3, -0.25) is 9.59 Å². The maximum atomic E-state index is 13.2. The lowest BCUT2D eigenvalue weighted by Crippen LogP contribution is -2.25. The van der Waals surface area contributed by atoms with Crippen LogP contribution in [0.15, 0.2) is 70.6 Å². The van der Waals surface area contributed by atoms with Gasteiger partial charge in [-0.05, 0) is 35.9 Å². The summed E-state index contributed by atoms with van der Waals surface area (Å²) in [6.45, 7) is 0.436. The Kier molecular flexibility index (Phi) is 5.39. The van der Waals surface area contributed by atoms with Crippen LogP contribution >= 0.6 is 11.8 Å². The molecule has 0 saturated carbocycles. The predicted molar refractivity (Wildman–Crippen MR) is 108 cm³/mol. The number of benzene rings is 2. The minimum Gasteiger partial charge on any atom is -0.351 e. The number of aromatic nitrogens is 4. The first-order valence-corrected chi connectivity index (χ1v) is 9.76. The molecule has 0 bridgehead atoms. The number of hydrogen-bond donors (Lipinski definition) is 2. The molecule has 0 saturated heterocycles. The zero-order valence-electron chi connectivity index (χ0n) is 15.1. The van der Waals surface area contributed by atoms with Crippen LogP contribution in [0.2, 0.25) is 0 Å². The highest BCUT2D eigenvalue weighted by Gasteiger charge is 2.14. The number of carbonyl (C=O) groups excluding carboxylic acids is 1. The maximum Gasteiger partial charge on any atom is 0.290 e. The largest absolute Gasteiger partial charge is 0.351 e. The summed E-state index contributed by atoms with van der Waals surface area (Å²) in [6.07, 6.45) is 0. The lowest BCUT2D eigenvalue weighted by molar-refractivity contribution is -0.118. The molecule has 0 spiro atoms. The molecule has 0 radical (unpaired) electrons. The van der Waals surface area contributed by atoms with E-state index in [9.17, 15) is 14.0 Å². The van der Waals surface area contributed by atoms with E-state index in [4.69, 9.17) is 0 Å². The normalized spacial score (nSPS) is 10.9. The molecule has 1 amide bonds. The molecule has 9 heteroatoms. The molecule has 0 aliphatic carbocycles. The summed E-state index contributed by atoms with van der Waals surface area (Å²) in [5.74, 6) is -0.395. The Balaban J connectivity index is 1.50. The molecule has 2 N–H and O–H groups in total. The number of rotatable bonds is 6. The molecule has 2 aromatic heterocycles. The van der Waals surface area contributed by atoms with Crippen molar-refractivity contribution in [1.82, 2.24) is 25.1 Å². The number of amides is 1. The van der Waals surface area contributed by atoms with E-state index in [-0.39, 0.29) is 17.5 Å². The van der Waals surface area contributed by atoms with Gasteiger partial charge in [-0.1, -0.05) is 42.1 Å². The second kappa shape index (κ2) is 8.27. The van der Waals surface area contributed by atoms with E-state index in [1.165, 1.54) is 16.6 Å². The number of fused-ring (bicyclic) bond motifs is 1. The fourth-order valence-electron chi connectivity index (χ4n) is 2.72. The van der Waals surface area contributed by atoms with E-state index < -0.39 is 5.56 Å². The highest BCUT2D eigenvalue weighted by molar-refractivity contribution is 7.99. The van der Waals surface area contributed by atoms with Gasteiger partial charge in [0.15, 0.2) is 0 Å². The molecule has 0 aliphatic heterocycles. The summed E-state index contributed by atoms with van der Waals surface area (Å²) in [4.78, 5) is 24.3. The Morgan fingerprint density at radius 3 is 2.66 bits per heavy atom. The highest BCUT2D eigenvalue weighted by Crippen LogP contribution is 2.21. The van der Waals surface area contributed by atoms with E-state index in [0.717, 1.165) is 17.3 Å². The Bertz CT molecular complexity index is 1210. The van der Waals surface area contributed by atoms with Crippen LogP contribution in [0.1, 0.15) is 5.56 Å². The monoisotopic (exact) mass is 409 g/mol. The molecule has 4 aromatic rings. The van der Waals surface area contributed by atoms with Crippen molar-refractivity contribution in [1.29, 1.82) is 0 Å². The van der Waals surface area contributed by atoms with E-state index in [2.05, 4.69) is 20.6 Å². The van der Waals surface area contributed by atoms with Crippen molar-refractivity contribution in [2.75, 3.05) is 5.75 Å². The first-order valence-electron chi connectivity index (χ1n) is 8.78. The smallest absolute Gasteiger partial charge is 0.290 e. The molecule has 0 fully saturated rings. The molecule has 29 heavy (non-hydrogen) atoms. The lowest BCUT2D eigenvalue weighted by Gasteiger charge is -2.05. The minimum atomic E-state index is -0.399. The third-order valence-electron chi connectivity index (χ3n) is 4.18. The van der Waals surface area contributed by atoms with Gasteiger partial charge in [0.25, 0.3) is 5.56 Å². The standard InChI is InChI=1S/C20H16FN5O2S/c21-15-8-6-14(7-9-15)16-10-17-19(28)23-24-20(26(17)25-16)29-12-18(27)22-11-13-4-2-1-3-5-13/h1-10H,11-12H2,(H,22,27)(H,23,28). The van der Waals surface area contributed by atoms with Gasteiger partial charge >= 0.3 is 0 Å². The minimum absolute atomic E-state index is 0.118. The van der Waals surface area contributed by atoms with Crippen LogP contribution in [0.25, 0.3) is 16.8 Å². The van der Waals surface area contributed by atoms with Crippen molar-refractivity contribution in [2.45, 2.75) is 11.7 Å². The summed E-state index contributed by atoms with van der Waals surface area (Å²) in [6, 6.07) is 17.0. The topological polar surface area (TPSA) is 92.2 Å². The molecule has 2 aromatic carbocycles. The third kappa shape index (κ3) is 4.35. The van der Waals surface area contributed by atoms with Crippen molar-refractivity contribution in [3.8, 4) is 11.3 Å². The molecule has 4 rings (SSSR count). The number of thioether (sulfide) groups is 1. The highest BCUT2D eigenvalue weighted by atomic mass is 32.2. The van der Waals surface area contributed by atoms with Gasteiger partial charge < -0.3 is 5.32 Å². The fourth-order valence-corrected chi connectivity index (χ4v) is 3.46. The van der Waals surface area contributed by atoms with E-state index in [0.29, 0.717) is 28.5 Å². The van der Waals surface area contributed by atoms with Gasteiger partial charge in [-0.15, -0.1) is 5.10 Å². The SMILES string of the molecule is O=C(CSc1n[nH]c(=O)c2cc(-c3ccc(F)cc3)nn12)NCc1ccccc1. The fraction of sp³-hybridized carbons (Fsp3) is 0.100. The van der Waals surface area contributed by atoms with Gasteiger partial charge in [0.05, 0.1) is 11.4 Å². The van der Waals surface area contributed by atoms with Gasteiger partial charge in [0.1, 0.15) is 11.3 Å². The van der Waals surface area contributed by atoms with Crippen molar-refractivity contribution in [3.63, 3.8) is 0 Å². The molecule has 146 valence electrons. The summed E-state index contributed by atoms with van der Waals surface area (Å²) >= 11 is 1.16. The van der Waals surface area contributed by atoms with Crippen molar-refractivity contribution in [2.24, 2.45) is 0 Å². The molecular weight excluding hydrogens is 393 g/mol. The van der Waals surface area contributed by atoms with Crippen LogP contribution in [0.4, 0.5) is 4.39 Å². The third-order valence-corrected chi connectivity index (χ3v) is 5.11. The van der Waals surface area contributed by atoms with Crippen LogP contribution in [0.3, 0.4) is 0 Å². The second-order valence-electron chi connectivity index (χ2n) is 6.22. The number of carbonyl (C=O) groups is 1. The Morgan fingerprint density at radius 2 is 1.90 bits per heavy atom. The molecule has 2 heterocycles. The molecule has 0 atom stereocenters. The summed E-state index contributed by atoms with van der Waals surface area (Å²) < 4.78 is 14.5. The summed E-state index contributed by atoms with van der Waals surface area (Å²) in [7, 11) is 0. The van der Waals surface area contributed by atoms with Crippen LogP contribution in [-0.2, 0) is 11.3 Å². The number of aromatic amines is 1. The average molecular weight is 409 g/mol. The summed E-state index contributed by atoms with van der Waals surface area (Å²) in [5, 5.41) is 14.0. The van der Waals surface area contributed by atoms with Gasteiger partial charge in [0.2, 0.25) is 11.1 Å². The number of halogens is 1. The van der Waals surface area contributed by atoms with Crippen LogP contribution in [0.5, 0.6) is 0 Å². The molecule has 7 nitrogen and oxygen atoms in total. The zero-order valence-corrected chi connectivity index (χ0v) is 15.9. The Labute approximate surface area is 169 Å². The number of nitrogens with zero attached hydrogens (tertiary/aromatic N) is 3. The number of nitrogens with one attached hydrogen (secondary N) is 2. The van der Waals surface area contributed by atoms with Crippen LogP contribution < -0.4 is 10.9 Å². The average Bonchev–Trinajstić information content (AvgIpc) is 3.19. The lowest BCUT2D eigenvalue weighted by atomic mass is 10.1. The quantitative estimate of drug-likeness (QED) is 0.478. The molecule has 0 aliphatic rings.